The van der Waals surface area contributed by atoms with Crippen LogP contribution in [0, 0.1) is 11.3 Å². The van der Waals surface area contributed by atoms with Gasteiger partial charge in [-0.25, -0.2) is 4.79 Å². The van der Waals surface area contributed by atoms with E-state index in [4.69, 9.17) is 5.73 Å². The Kier molecular flexibility index (Phi) is 4.96. The molecule has 0 aliphatic carbocycles. The highest BCUT2D eigenvalue weighted by molar-refractivity contribution is 5.98. The lowest BCUT2D eigenvalue weighted by Crippen LogP contribution is -2.25. The molecule has 34 heavy (non-hydrogen) atoms. The molecule has 0 saturated heterocycles. The molecule has 4 N–H and O–H groups in total. The summed E-state index contributed by atoms with van der Waals surface area (Å²) in [6.45, 7) is 0. The summed E-state index contributed by atoms with van der Waals surface area (Å²) in [7, 11) is 0. The summed E-state index contributed by atoms with van der Waals surface area (Å²) in [6, 6.07) is 24.6. The minimum atomic E-state index is -1.18. The number of para-hydroxylation sites is 2. The number of carboxylic acid groups (broad SMARTS) is 1. The van der Waals surface area contributed by atoms with Crippen LogP contribution in [-0.4, -0.2) is 20.6 Å². The Morgan fingerprint density at radius 2 is 1.74 bits per heavy atom. The third-order valence-corrected chi connectivity index (χ3v) is 5.76. The first-order chi connectivity index (χ1) is 16.5. The van der Waals surface area contributed by atoms with E-state index in [0.717, 1.165) is 10.9 Å². The molecule has 2 aromatic heterocycles. The average molecular weight is 446 g/mol. The number of aromatic amines is 1. The van der Waals surface area contributed by atoms with Crippen molar-refractivity contribution in [3.05, 3.63) is 107 Å². The standard InChI is InChI=1S/C27H18N4O3/c28-14-21-20(22-15-30-23-10-3-1-8-18(22)23)13-25(16-6-5-7-17(29)12-16)31(26(21)32)24-11-4-2-9-19(24)27(33)34/h1-13,15,30H,29H2,(H,33,34). The van der Waals surface area contributed by atoms with Crippen LogP contribution in [0.1, 0.15) is 15.9 Å². The van der Waals surface area contributed by atoms with E-state index in [1.54, 1.807) is 54.7 Å². The van der Waals surface area contributed by atoms with Crippen LogP contribution >= 0.6 is 0 Å². The molecule has 3 aromatic carbocycles. The van der Waals surface area contributed by atoms with Crippen LogP contribution < -0.4 is 11.3 Å². The molecule has 0 amide bonds. The number of pyridine rings is 1. The molecular weight excluding hydrogens is 428 g/mol. The Bertz CT molecular complexity index is 1690. The topological polar surface area (TPSA) is 125 Å². The lowest BCUT2D eigenvalue weighted by atomic mass is 9.97. The van der Waals surface area contributed by atoms with Crippen molar-refractivity contribution < 1.29 is 9.90 Å². The number of hydrogen-bond donors (Lipinski definition) is 3. The van der Waals surface area contributed by atoms with Gasteiger partial charge in [-0.2, -0.15) is 5.26 Å². The Labute approximate surface area is 194 Å². The molecule has 0 unspecified atom stereocenters. The molecule has 0 bridgehead atoms. The molecule has 0 fully saturated rings. The van der Waals surface area contributed by atoms with E-state index in [1.807, 2.05) is 30.3 Å². The lowest BCUT2D eigenvalue weighted by Gasteiger charge is -2.18. The van der Waals surface area contributed by atoms with Gasteiger partial charge in [-0.3, -0.25) is 9.36 Å². The number of nitrogens with one attached hydrogen (secondary N) is 1. The van der Waals surface area contributed by atoms with Crippen LogP contribution in [-0.2, 0) is 0 Å². The van der Waals surface area contributed by atoms with Crippen LogP contribution in [0.25, 0.3) is 39.0 Å². The lowest BCUT2D eigenvalue weighted by molar-refractivity contribution is 0.0697. The summed E-state index contributed by atoms with van der Waals surface area (Å²) in [5.74, 6) is -1.18. The fraction of sp³-hybridized carbons (Fsp3) is 0. The number of carbonyl (C=O) groups is 1. The number of fused-ring (bicyclic) bond motifs is 1. The quantitative estimate of drug-likeness (QED) is 0.342. The molecule has 0 aliphatic rings. The third kappa shape index (κ3) is 3.31. The number of nitriles is 1. The normalized spacial score (nSPS) is 10.8. The van der Waals surface area contributed by atoms with Gasteiger partial charge in [-0.15, -0.1) is 0 Å². The van der Waals surface area contributed by atoms with Crippen LogP contribution in [0.3, 0.4) is 0 Å². The molecule has 164 valence electrons. The van der Waals surface area contributed by atoms with Crippen LogP contribution in [0.2, 0.25) is 0 Å². The second kappa shape index (κ2) is 8.11. The van der Waals surface area contributed by atoms with Gasteiger partial charge in [0.1, 0.15) is 11.6 Å². The molecule has 5 aromatic rings. The number of aromatic carboxylic acids is 1. The van der Waals surface area contributed by atoms with Gasteiger partial charge < -0.3 is 15.8 Å². The molecular formula is C27H18N4O3. The minimum Gasteiger partial charge on any atom is -0.478 e. The molecule has 2 heterocycles. The number of nitrogens with two attached hydrogens (primary N) is 1. The number of hydrogen-bond acceptors (Lipinski definition) is 4. The molecule has 7 nitrogen and oxygen atoms in total. The predicted octanol–water partition coefficient (Wildman–Crippen LogP) is 4.80. The van der Waals surface area contributed by atoms with Crippen LogP contribution in [0.5, 0.6) is 0 Å². The summed E-state index contributed by atoms with van der Waals surface area (Å²) in [5.41, 5.74) is 8.98. The minimum absolute atomic E-state index is 0.0570. The number of nitrogens with zero attached hydrogens (tertiary/aromatic N) is 2. The van der Waals surface area contributed by atoms with Gasteiger partial charge in [0.15, 0.2) is 0 Å². The molecule has 0 spiro atoms. The predicted molar refractivity (Wildman–Crippen MR) is 131 cm³/mol. The van der Waals surface area contributed by atoms with Crippen molar-refractivity contribution in [2.45, 2.75) is 0 Å². The van der Waals surface area contributed by atoms with E-state index in [1.165, 1.54) is 10.6 Å². The number of carboxylic acids is 1. The fourth-order valence-corrected chi connectivity index (χ4v) is 4.22. The second-order valence-corrected chi connectivity index (χ2v) is 7.77. The van der Waals surface area contributed by atoms with Gasteiger partial charge >= 0.3 is 5.97 Å². The Hall–Kier alpha value is -5.09. The zero-order valence-electron chi connectivity index (χ0n) is 17.8. The van der Waals surface area contributed by atoms with Crippen molar-refractivity contribution in [2.75, 3.05) is 5.73 Å². The van der Waals surface area contributed by atoms with Crippen LogP contribution in [0.15, 0.2) is 89.9 Å². The van der Waals surface area contributed by atoms with Crippen molar-refractivity contribution in [1.82, 2.24) is 9.55 Å². The summed E-state index contributed by atoms with van der Waals surface area (Å²) in [5, 5.41) is 20.6. The number of benzene rings is 3. The van der Waals surface area contributed by atoms with E-state index in [2.05, 4.69) is 4.98 Å². The summed E-state index contributed by atoms with van der Waals surface area (Å²) >= 11 is 0. The molecule has 0 radical (unpaired) electrons. The van der Waals surface area contributed by atoms with Gasteiger partial charge in [0.2, 0.25) is 0 Å². The largest absolute Gasteiger partial charge is 0.478 e. The van der Waals surface area contributed by atoms with E-state index >= 15 is 0 Å². The highest BCUT2D eigenvalue weighted by Gasteiger charge is 2.22. The smallest absolute Gasteiger partial charge is 0.337 e. The van der Waals surface area contributed by atoms with Crippen molar-refractivity contribution in [3.63, 3.8) is 0 Å². The molecule has 0 saturated carbocycles. The molecule has 0 atom stereocenters. The maximum atomic E-state index is 13.8. The van der Waals surface area contributed by atoms with Crippen molar-refractivity contribution in [2.24, 2.45) is 0 Å². The summed E-state index contributed by atoms with van der Waals surface area (Å²) in [6.07, 6.45) is 1.76. The van der Waals surface area contributed by atoms with Gasteiger partial charge in [-0.1, -0.05) is 42.5 Å². The van der Waals surface area contributed by atoms with Gasteiger partial charge in [0.05, 0.1) is 16.9 Å². The highest BCUT2D eigenvalue weighted by atomic mass is 16.4. The molecule has 5 rings (SSSR count). The van der Waals surface area contributed by atoms with Gasteiger partial charge in [0, 0.05) is 39.5 Å². The second-order valence-electron chi connectivity index (χ2n) is 7.77. The number of H-pyrrole nitrogens is 1. The van der Waals surface area contributed by atoms with E-state index in [-0.39, 0.29) is 16.8 Å². The first kappa shape index (κ1) is 20.8. The first-order valence-electron chi connectivity index (χ1n) is 10.4. The van der Waals surface area contributed by atoms with Gasteiger partial charge in [0.25, 0.3) is 5.56 Å². The summed E-state index contributed by atoms with van der Waals surface area (Å²) < 4.78 is 1.27. The zero-order chi connectivity index (χ0) is 23.8. The van der Waals surface area contributed by atoms with Crippen molar-refractivity contribution in [1.29, 1.82) is 5.26 Å². The SMILES string of the molecule is N#Cc1c(-c2c[nH]c3ccccc23)cc(-c2cccc(N)c2)n(-c2ccccc2C(=O)O)c1=O. The Balaban J connectivity index is 1.93. The van der Waals surface area contributed by atoms with Crippen LogP contribution in [0.4, 0.5) is 5.69 Å². The van der Waals surface area contributed by atoms with E-state index in [9.17, 15) is 20.0 Å². The first-order valence-corrected chi connectivity index (χ1v) is 10.4. The van der Waals surface area contributed by atoms with E-state index < -0.39 is 11.5 Å². The van der Waals surface area contributed by atoms with E-state index in [0.29, 0.717) is 28.1 Å². The Morgan fingerprint density at radius 1 is 0.971 bits per heavy atom. The average Bonchev–Trinajstić information content (AvgIpc) is 3.27. The fourth-order valence-electron chi connectivity index (χ4n) is 4.22. The maximum absolute atomic E-state index is 13.8. The summed E-state index contributed by atoms with van der Waals surface area (Å²) in [4.78, 5) is 29.0. The van der Waals surface area contributed by atoms with Crippen molar-refractivity contribution in [3.8, 4) is 34.1 Å². The highest BCUT2D eigenvalue weighted by Crippen LogP contribution is 2.34. The third-order valence-electron chi connectivity index (χ3n) is 5.76. The Morgan fingerprint density at radius 3 is 2.50 bits per heavy atom. The zero-order valence-corrected chi connectivity index (χ0v) is 17.8. The monoisotopic (exact) mass is 446 g/mol. The number of rotatable bonds is 4. The number of anilines is 1. The molecule has 0 aliphatic heterocycles. The maximum Gasteiger partial charge on any atom is 0.337 e. The van der Waals surface area contributed by atoms with Gasteiger partial charge in [-0.05, 0) is 36.4 Å². The number of nitrogen functional groups attached to an aromatic ring is 1. The number of aromatic nitrogens is 2. The van der Waals surface area contributed by atoms with Crippen molar-refractivity contribution >= 4 is 22.6 Å². The molecule has 7 heteroatoms.